The van der Waals surface area contributed by atoms with Crippen molar-refractivity contribution >= 4 is 28.9 Å². The standard InChI is InChI=1S/C21H23N3O2.C2H4O2/c1-15-18(19-4-2-3-5-20(19)23-15)12-13-22-14-17-8-6-16(7-9-17)10-11-21(25)24-26;1-2(3)4/h2-11,22-23,26H,12-14H2,1H3,(H,24,25);1H3,(H,3,4)/b11-10+;. The van der Waals surface area contributed by atoms with Crippen molar-refractivity contribution in [2.75, 3.05) is 6.54 Å². The molecule has 7 heteroatoms. The summed E-state index contributed by atoms with van der Waals surface area (Å²) < 4.78 is 0. The maximum atomic E-state index is 11.0. The first kappa shape index (κ1) is 22.9. The van der Waals surface area contributed by atoms with E-state index in [2.05, 4.69) is 41.5 Å². The predicted molar refractivity (Wildman–Crippen MR) is 117 cm³/mol. The van der Waals surface area contributed by atoms with Gasteiger partial charge in [0.1, 0.15) is 0 Å². The number of rotatable bonds is 7. The van der Waals surface area contributed by atoms with Gasteiger partial charge in [-0.05, 0) is 48.7 Å². The van der Waals surface area contributed by atoms with Crippen LogP contribution >= 0.6 is 0 Å². The van der Waals surface area contributed by atoms with Crippen LogP contribution in [0.5, 0.6) is 0 Å². The molecular weight excluding hydrogens is 382 g/mol. The molecule has 2 aromatic carbocycles. The van der Waals surface area contributed by atoms with Crippen molar-refractivity contribution in [1.82, 2.24) is 15.8 Å². The van der Waals surface area contributed by atoms with Crippen LogP contribution in [0.25, 0.3) is 17.0 Å². The number of amides is 1. The van der Waals surface area contributed by atoms with E-state index in [0.29, 0.717) is 0 Å². The van der Waals surface area contributed by atoms with E-state index in [4.69, 9.17) is 15.1 Å². The monoisotopic (exact) mass is 409 g/mol. The van der Waals surface area contributed by atoms with Gasteiger partial charge in [-0.15, -0.1) is 0 Å². The van der Waals surface area contributed by atoms with Crippen LogP contribution in [0.15, 0.2) is 54.6 Å². The summed E-state index contributed by atoms with van der Waals surface area (Å²) in [6, 6.07) is 16.4. The van der Waals surface area contributed by atoms with Gasteiger partial charge in [-0.1, -0.05) is 42.5 Å². The highest BCUT2D eigenvalue weighted by atomic mass is 16.5. The minimum absolute atomic E-state index is 0.539. The maximum absolute atomic E-state index is 11.0. The van der Waals surface area contributed by atoms with E-state index in [1.165, 1.54) is 33.8 Å². The lowest BCUT2D eigenvalue weighted by Crippen LogP contribution is -2.16. The van der Waals surface area contributed by atoms with Crippen molar-refractivity contribution in [3.63, 3.8) is 0 Å². The molecule has 3 aromatic rings. The van der Waals surface area contributed by atoms with Crippen molar-refractivity contribution in [2.24, 2.45) is 0 Å². The molecule has 0 aliphatic rings. The van der Waals surface area contributed by atoms with Gasteiger partial charge in [0.2, 0.25) is 0 Å². The number of hydrogen-bond acceptors (Lipinski definition) is 4. The van der Waals surface area contributed by atoms with Gasteiger partial charge >= 0.3 is 0 Å². The number of para-hydroxylation sites is 1. The molecule has 0 unspecified atom stereocenters. The van der Waals surface area contributed by atoms with Crippen molar-refractivity contribution in [3.05, 3.63) is 77.0 Å². The highest BCUT2D eigenvalue weighted by Gasteiger charge is 2.07. The molecule has 1 heterocycles. The second kappa shape index (κ2) is 11.5. The topological polar surface area (TPSA) is 114 Å². The highest BCUT2D eigenvalue weighted by Crippen LogP contribution is 2.21. The summed E-state index contributed by atoms with van der Waals surface area (Å²) in [6.45, 7) is 4.90. The number of carboxylic acid groups (broad SMARTS) is 1. The van der Waals surface area contributed by atoms with E-state index >= 15 is 0 Å². The number of carbonyl (C=O) groups is 2. The molecule has 0 saturated heterocycles. The minimum Gasteiger partial charge on any atom is -0.481 e. The Morgan fingerprint density at radius 2 is 1.77 bits per heavy atom. The van der Waals surface area contributed by atoms with Crippen molar-refractivity contribution in [2.45, 2.75) is 26.8 Å². The fraction of sp³-hybridized carbons (Fsp3) is 0.217. The first-order valence-corrected chi connectivity index (χ1v) is 9.58. The number of benzene rings is 2. The van der Waals surface area contributed by atoms with Gasteiger partial charge in [0.25, 0.3) is 11.9 Å². The number of aromatic amines is 1. The SMILES string of the molecule is CC(=O)O.Cc1[nH]c2ccccc2c1CCNCc1ccc(/C=C/C(=O)NO)cc1. The molecule has 1 aromatic heterocycles. The van der Waals surface area contributed by atoms with E-state index in [9.17, 15) is 4.79 Å². The number of H-pyrrole nitrogens is 1. The number of carboxylic acids is 1. The van der Waals surface area contributed by atoms with E-state index in [1.54, 1.807) is 11.6 Å². The van der Waals surface area contributed by atoms with E-state index in [1.807, 2.05) is 24.3 Å². The molecule has 1 amide bonds. The first-order valence-electron chi connectivity index (χ1n) is 9.58. The second-order valence-electron chi connectivity index (χ2n) is 6.77. The number of carbonyl (C=O) groups excluding carboxylic acids is 1. The normalized spacial score (nSPS) is 10.6. The van der Waals surface area contributed by atoms with Crippen LogP contribution in [-0.4, -0.2) is 33.7 Å². The molecule has 0 atom stereocenters. The molecule has 0 aliphatic heterocycles. The molecule has 0 bridgehead atoms. The van der Waals surface area contributed by atoms with Crippen molar-refractivity contribution in [1.29, 1.82) is 0 Å². The van der Waals surface area contributed by atoms with Crippen LogP contribution in [0.1, 0.15) is 29.3 Å². The molecule has 7 nitrogen and oxygen atoms in total. The second-order valence-corrected chi connectivity index (χ2v) is 6.77. The average Bonchev–Trinajstić information content (AvgIpc) is 3.05. The Balaban J connectivity index is 0.000000735. The van der Waals surface area contributed by atoms with Crippen LogP contribution in [0, 0.1) is 6.92 Å². The van der Waals surface area contributed by atoms with Crippen LogP contribution in [0.4, 0.5) is 0 Å². The van der Waals surface area contributed by atoms with Gasteiger partial charge in [-0.2, -0.15) is 0 Å². The van der Waals surface area contributed by atoms with Gasteiger partial charge in [-0.3, -0.25) is 14.8 Å². The fourth-order valence-electron chi connectivity index (χ4n) is 3.06. The Morgan fingerprint density at radius 3 is 2.43 bits per heavy atom. The van der Waals surface area contributed by atoms with Gasteiger partial charge in [0.05, 0.1) is 0 Å². The molecule has 158 valence electrons. The quantitative estimate of drug-likeness (QED) is 0.178. The van der Waals surface area contributed by atoms with Crippen LogP contribution in [-0.2, 0) is 22.6 Å². The molecule has 0 saturated carbocycles. The van der Waals surface area contributed by atoms with Crippen LogP contribution in [0.3, 0.4) is 0 Å². The molecule has 30 heavy (non-hydrogen) atoms. The van der Waals surface area contributed by atoms with Crippen molar-refractivity contribution < 1.29 is 19.9 Å². The molecule has 0 radical (unpaired) electrons. The smallest absolute Gasteiger partial charge is 0.300 e. The Morgan fingerprint density at radius 1 is 1.10 bits per heavy atom. The van der Waals surface area contributed by atoms with Crippen LogP contribution in [0.2, 0.25) is 0 Å². The summed E-state index contributed by atoms with van der Waals surface area (Å²) in [5, 5.41) is 20.7. The lowest BCUT2D eigenvalue weighted by atomic mass is 10.1. The summed E-state index contributed by atoms with van der Waals surface area (Å²) in [5.41, 5.74) is 7.46. The van der Waals surface area contributed by atoms with E-state index in [0.717, 1.165) is 32.0 Å². The Kier molecular flexibility index (Phi) is 8.80. The van der Waals surface area contributed by atoms with E-state index < -0.39 is 11.9 Å². The lowest BCUT2D eigenvalue weighted by molar-refractivity contribution is -0.134. The van der Waals surface area contributed by atoms with Crippen LogP contribution < -0.4 is 10.8 Å². The third kappa shape index (κ3) is 7.20. The molecule has 0 spiro atoms. The molecule has 0 aliphatic carbocycles. The Hall–Kier alpha value is -3.42. The van der Waals surface area contributed by atoms with Gasteiger partial charge in [0, 0.05) is 36.1 Å². The Labute approximate surface area is 175 Å². The highest BCUT2D eigenvalue weighted by molar-refractivity contribution is 5.90. The third-order valence-electron chi connectivity index (χ3n) is 4.42. The zero-order valence-electron chi connectivity index (χ0n) is 17.1. The van der Waals surface area contributed by atoms with Gasteiger partial charge in [0.15, 0.2) is 0 Å². The van der Waals surface area contributed by atoms with E-state index in [-0.39, 0.29) is 0 Å². The summed E-state index contributed by atoms with van der Waals surface area (Å²) in [5.74, 6) is -1.37. The molecule has 3 rings (SSSR count). The third-order valence-corrected chi connectivity index (χ3v) is 4.42. The number of hydroxylamine groups is 1. The number of aliphatic carboxylic acids is 1. The molecular formula is C23H27N3O4. The van der Waals surface area contributed by atoms with Gasteiger partial charge < -0.3 is 15.4 Å². The summed E-state index contributed by atoms with van der Waals surface area (Å²) >= 11 is 0. The minimum atomic E-state index is -0.833. The lowest BCUT2D eigenvalue weighted by Gasteiger charge is -2.06. The summed E-state index contributed by atoms with van der Waals surface area (Å²) in [7, 11) is 0. The van der Waals surface area contributed by atoms with Crippen molar-refractivity contribution in [3.8, 4) is 0 Å². The first-order chi connectivity index (χ1) is 14.4. The molecule has 0 fully saturated rings. The number of fused-ring (bicyclic) bond motifs is 1. The zero-order chi connectivity index (χ0) is 21.9. The molecule has 5 N–H and O–H groups in total. The zero-order valence-corrected chi connectivity index (χ0v) is 17.1. The predicted octanol–water partition coefficient (Wildman–Crippen LogP) is 3.42. The Bertz CT molecular complexity index is 1000. The average molecular weight is 409 g/mol. The van der Waals surface area contributed by atoms with Gasteiger partial charge in [-0.25, -0.2) is 5.48 Å². The summed E-state index contributed by atoms with van der Waals surface area (Å²) in [6.07, 6.45) is 3.92. The summed E-state index contributed by atoms with van der Waals surface area (Å²) in [4.78, 5) is 23.4. The largest absolute Gasteiger partial charge is 0.481 e. The number of aromatic nitrogens is 1. The number of hydrogen-bond donors (Lipinski definition) is 5. The fourth-order valence-corrected chi connectivity index (χ4v) is 3.06. The maximum Gasteiger partial charge on any atom is 0.300 e. The number of nitrogens with one attached hydrogen (secondary N) is 3. The number of aryl methyl sites for hydroxylation is 1.